The maximum atomic E-state index is 12.9. The maximum Gasteiger partial charge on any atom is 0.194 e. The first-order valence-electron chi connectivity index (χ1n) is 4.90. The lowest BCUT2D eigenvalue weighted by Crippen LogP contribution is -2.21. The van der Waals surface area contributed by atoms with Crippen LogP contribution in [0.2, 0.25) is 0 Å². The largest absolute Gasteiger partial charge is 0.385 e. The monoisotopic (exact) mass is 216 g/mol. The smallest absolute Gasteiger partial charge is 0.194 e. The van der Waals surface area contributed by atoms with Crippen molar-refractivity contribution in [2.24, 2.45) is 0 Å². The van der Waals surface area contributed by atoms with E-state index in [0.717, 1.165) is 25.0 Å². The van der Waals surface area contributed by atoms with Crippen LogP contribution < -0.4 is 0 Å². The van der Waals surface area contributed by atoms with Gasteiger partial charge in [-0.1, -0.05) is 12.8 Å². The van der Waals surface area contributed by atoms with Crippen molar-refractivity contribution in [1.29, 1.82) is 0 Å². The summed E-state index contributed by atoms with van der Waals surface area (Å²) in [6.45, 7) is 0. The van der Waals surface area contributed by atoms with E-state index in [1.807, 2.05) is 0 Å². The molecule has 0 unspecified atom stereocenters. The number of hydrogen-bond donors (Lipinski definition) is 1. The summed E-state index contributed by atoms with van der Waals surface area (Å²) >= 11 is 0. The Bertz CT molecular complexity index is 360. The number of halogens is 3. The maximum absolute atomic E-state index is 12.9. The molecule has 2 rings (SSSR count). The van der Waals surface area contributed by atoms with Crippen LogP contribution in [0.5, 0.6) is 0 Å². The molecule has 1 aliphatic carbocycles. The molecule has 0 atom stereocenters. The summed E-state index contributed by atoms with van der Waals surface area (Å²) in [5.74, 6) is -3.98. The van der Waals surface area contributed by atoms with Crippen LogP contribution in [0.3, 0.4) is 0 Å². The second-order valence-corrected chi connectivity index (χ2v) is 3.99. The fourth-order valence-corrected chi connectivity index (χ4v) is 2.07. The van der Waals surface area contributed by atoms with Crippen LogP contribution in [0.25, 0.3) is 0 Å². The molecular formula is C11H11F3O. The molecule has 1 nitrogen and oxygen atoms in total. The molecule has 82 valence electrons. The molecule has 0 aliphatic heterocycles. The number of benzene rings is 1. The molecule has 1 fully saturated rings. The van der Waals surface area contributed by atoms with E-state index < -0.39 is 23.1 Å². The molecule has 0 spiro atoms. The highest BCUT2D eigenvalue weighted by Crippen LogP contribution is 2.39. The Morgan fingerprint density at radius 1 is 1.00 bits per heavy atom. The van der Waals surface area contributed by atoms with Crippen molar-refractivity contribution in [3.05, 3.63) is 35.1 Å². The Morgan fingerprint density at radius 2 is 1.47 bits per heavy atom. The predicted octanol–water partition coefficient (Wildman–Crippen LogP) is 2.87. The minimum Gasteiger partial charge on any atom is -0.385 e. The first-order chi connectivity index (χ1) is 7.03. The van der Waals surface area contributed by atoms with E-state index in [9.17, 15) is 18.3 Å². The molecule has 1 aliphatic rings. The van der Waals surface area contributed by atoms with Crippen LogP contribution in [0.4, 0.5) is 13.2 Å². The van der Waals surface area contributed by atoms with Gasteiger partial charge in [-0.05, 0) is 30.5 Å². The fraction of sp³-hybridized carbons (Fsp3) is 0.455. The molecule has 1 saturated carbocycles. The summed E-state index contributed by atoms with van der Waals surface area (Å²) in [5.41, 5.74) is -1.05. The summed E-state index contributed by atoms with van der Waals surface area (Å²) in [4.78, 5) is 0. The van der Waals surface area contributed by atoms with Gasteiger partial charge in [0.05, 0.1) is 5.60 Å². The lowest BCUT2D eigenvalue weighted by atomic mass is 9.92. The second-order valence-electron chi connectivity index (χ2n) is 3.99. The van der Waals surface area contributed by atoms with Crippen molar-refractivity contribution >= 4 is 0 Å². The summed E-state index contributed by atoms with van der Waals surface area (Å²) in [6, 6.07) is 1.76. The van der Waals surface area contributed by atoms with Gasteiger partial charge in [-0.3, -0.25) is 0 Å². The van der Waals surface area contributed by atoms with Gasteiger partial charge >= 0.3 is 0 Å². The van der Waals surface area contributed by atoms with E-state index in [0.29, 0.717) is 12.8 Å². The van der Waals surface area contributed by atoms with Gasteiger partial charge in [0.1, 0.15) is 0 Å². The minimum absolute atomic E-state index is 0.136. The molecule has 15 heavy (non-hydrogen) atoms. The Labute approximate surface area is 85.5 Å². The van der Waals surface area contributed by atoms with E-state index in [-0.39, 0.29) is 5.56 Å². The molecule has 0 radical (unpaired) electrons. The molecule has 1 aromatic carbocycles. The molecule has 0 amide bonds. The van der Waals surface area contributed by atoms with Gasteiger partial charge in [0.15, 0.2) is 17.5 Å². The van der Waals surface area contributed by atoms with Crippen LogP contribution in [0.1, 0.15) is 31.2 Å². The van der Waals surface area contributed by atoms with Gasteiger partial charge in [-0.25, -0.2) is 13.2 Å². The Kier molecular flexibility index (Phi) is 2.46. The zero-order valence-electron chi connectivity index (χ0n) is 8.06. The standard InChI is InChI=1S/C11H11F3O/c12-8-5-7(6-9(13)10(8)14)11(15)3-1-2-4-11/h5-6,15H,1-4H2. The van der Waals surface area contributed by atoms with E-state index in [2.05, 4.69) is 0 Å². The first kappa shape index (κ1) is 10.5. The van der Waals surface area contributed by atoms with Crippen molar-refractivity contribution in [2.75, 3.05) is 0 Å². The predicted molar refractivity (Wildman–Crippen MR) is 48.7 cm³/mol. The molecule has 1 aromatic rings. The zero-order chi connectivity index (χ0) is 11.1. The highest BCUT2D eigenvalue weighted by atomic mass is 19.2. The third-order valence-corrected chi connectivity index (χ3v) is 2.95. The Balaban J connectivity index is 2.45. The van der Waals surface area contributed by atoms with Crippen molar-refractivity contribution in [2.45, 2.75) is 31.3 Å². The van der Waals surface area contributed by atoms with Crippen LogP contribution in [-0.4, -0.2) is 5.11 Å². The second kappa shape index (κ2) is 3.52. The van der Waals surface area contributed by atoms with Crippen molar-refractivity contribution in [3.8, 4) is 0 Å². The fourth-order valence-electron chi connectivity index (χ4n) is 2.07. The quantitative estimate of drug-likeness (QED) is 0.715. The molecule has 1 N–H and O–H groups in total. The van der Waals surface area contributed by atoms with Crippen molar-refractivity contribution in [1.82, 2.24) is 0 Å². The summed E-state index contributed by atoms with van der Waals surface area (Å²) in [6.07, 6.45) is 2.57. The zero-order valence-corrected chi connectivity index (χ0v) is 8.06. The molecule has 0 aromatic heterocycles. The minimum atomic E-state index is -1.49. The van der Waals surface area contributed by atoms with E-state index >= 15 is 0 Å². The van der Waals surface area contributed by atoms with E-state index in [1.165, 1.54) is 0 Å². The van der Waals surface area contributed by atoms with Gasteiger partial charge in [0.2, 0.25) is 0 Å². The van der Waals surface area contributed by atoms with Crippen LogP contribution in [0.15, 0.2) is 12.1 Å². The van der Waals surface area contributed by atoms with Gasteiger partial charge < -0.3 is 5.11 Å². The highest BCUT2D eigenvalue weighted by molar-refractivity contribution is 5.26. The lowest BCUT2D eigenvalue weighted by molar-refractivity contribution is 0.0436. The van der Waals surface area contributed by atoms with Gasteiger partial charge in [-0.15, -0.1) is 0 Å². The normalized spacial score (nSPS) is 19.5. The molecular weight excluding hydrogens is 205 g/mol. The van der Waals surface area contributed by atoms with Crippen LogP contribution in [0, 0.1) is 17.5 Å². The number of rotatable bonds is 1. The third-order valence-electron chi connectivity index (χ3n) is 2.95. The molecule has 0 saturated heterocycles. The van der Waals surface area contributed by atoms with E-state index in [4.69, 9.17) is 0 Å². The lowest BCUT2D eigenvalue weighted by Gasteiger charge is -2.22. The van der Waals surface area contributed by atoms with Crippen LogP contribution in [-0.2, 0) is 5.60 Å². The van der Waals surface area contributed by atoms with Gasteiger partial charge in [0.25, 0.3) is 0 Å². The van der Waals surface area contributed by atoms with Gasteiger partial charge in [0, 0.05) is 0 Å². The SMILES string of the molecule is OC1(c2cc(F)c(F)c(F)c2)CCCC1. The molecule has 0 heterocycles. The topological polar surface area (TPSA) is 20.2 Å². The highest BCUT2D eigenvalue weighted by Gasteiger charge is 2.34. The molecule has 4 heteroatoms. The first-order valence-corrected chi connectivity index (χ1v) is 4.90. The Morgan fingerprint density at radius 3 is 1.93 bits per heavy atom. The Hall–Kier alpha value is -1.03. The third kappa shape index (κ3) is 1.74. The summed E-state index contributed by atoms with van der Waals surface area (Å²) in [7, 11) is 0. The average molecular weight is 216 g/mol. The number of aliphatic hydroxyl groups is 1. The molecule has 0 bridgehead atoms. The van der Waals surface area contributed by atoms with Crippen molar-refractivity contribution < 1.29 is 18.3 Å². The van der Waals surface area contributed by atoms with Gasteiger partial charge in [-0.2, -0.15) is 0 Å². The number of hydrogen-bond acceptors (Lipinski definition) is 1. The van der Waals surface area contributed by atoms with Crippen LogP contribution >= 0.6 is 0 Å². The summed E-state index contributed by atoms with van der Waals surface area (Å²) < 4.78 is 38.6. The summed E-state index contributed by atoms with van der Waals surface area (Å²) in [5, 5.41) is 10.0. The average Bonchev–Trinajstić information content (AvgIpc) is 2.62. The van der Waals surface area contributed by atoms with Crippen molar-refractivity contribution in [3.63, 3.8) is 0 Å². The van der Waals surface area contributed by atoms with E-state index in [1.54, 1.807) is 0 Å².